The Hall–Kier alpha value is -2.88. The maximum Gasteiger partial charge on any atom is 0.280 e. The number of benzene rings is 2. The molecule has 0 aliphatic carbocycles. The van der Waals surface area contributed by atoms with E-state index in [9.17, 15) is 13.2 Å². The van der Waals surface area contributed by atoms with Crippen molar-refractivity contribution in [3.05, 3.63) is 68.6 Å². The molecule has 1 N–H and O–H groups in total. The van der Waals surface area contributed by atoms with E-state index in [1.807, 2.05) is 0 Å². The number of ether oxygens (including phenoxy) is 1. The van der Waals surface area contributed by atoms with Crippen molar-refractivity contribution >= 4 is 33.5 Å². The van der Waals surface area contributed by atoms with Gasteiger partial charge in [-0.05, 0) is 49.7 Å². The summed E-state index contributed by atoms with van der Waals surface area (Å²) in [5.74, 6) is 0.457. The van der Waals surface area contributed by atoms with Crippen LogP contribution in [-0.2, 0) is 10.0 Å². The monoisotopic (exact) mass is 490 g/mol. The summed E-state index contributed by atoms with van der Waals surface area (Å²) < 4.78 is 33.5. The number of aryl methyl sites for hydroxylation is 2. The number of halogens is 1. The molecule has 0 saturated carbocycles. The largest absolute Gasteiger partial charge is 0.495 e. The highest BCUT2D eigenvalue weighted by Gasteiger charge is 2.22. The molecule has 176 valence electrons. The van der Waals surface area contributed by atoms with Crippen molar-refractivity contribution in [3.8, 4) is 11.4 Å². The molecule has 0 bridgehead atoms. The SMILES string of the molecule is CCN(CC)S(=O)(=O)c1ccc(N=Cc2c(C)[nH]n(-c3ccc(Cl)c(OC)c3)c2=O)c(C)c1. The van der Waals surface area contributed by atoms with Crippen molar-refractivity contribution in [2.24, 2.45) is 4.99 Å². The van der Waals surface area contributed by atoms with Crippen LogP contribution in [0, 0.1) is 13.8 Å². The maximum absolute atomic E-state index is 13.0. The Morgan fingerprint density at radius 1 is 1.15 bits per heavy atom. The molecule has 10 heteroatoms. The molecule has 0 saturated heterocycles. The van der Waals surface area contributed by atoms with Gasteiger partial charge in [0.25, 0.3) is 5.56 Å². The van der Waals surface area contributed by atoms with E-state index in [1.165, 1.54) is 28.4 Å². The molecule has 33 heavy (non-hydrogen) atoms. The molecule has 8 nitrogen and oxygen atoms in total. The normalized spacial score (nSPS) is 12.1. The number of rotatable bonds is 8. The first kappa shape index (κ1) is 24.8. The third kappa shape index (κ3) is 4.90. The summed E-state index contributed by atoms with van der Waals surface area (Å²) in [6.45, 7) is 7.97. The first-order valence-electron chi connectivity index (χ1n) is 10.4. The van der Waals surface area contributed by atoms with E-state index in [0.29, 0.717) is 52.1 Å². The van der Waals surface area contributed by atoms with Crippen LogP contribution >= 0.6 is 11.6 Å². The summed E-state index contributed by atoms with van der Waals surface area (Å²) in [5.41, 5.74) is 2.59. The van der Waals surface area contributed by atoms with Gasteiger partial charge in [-0.1, -0.05) is 25.4 Å². The van der Waals surface area contributed by atoms with E-state index >= 15 is 0 Å². The van der Waals surface area contributed by atoms with E-state index in [-0.39, 0.29) is 10.5 Å². The van der Waals surface area contributed by atoms with E-state index in [2.05, 4.69) is 10.1 Å². The molecule has 0 spiro atoms. The van der Waals surface area contributed by atoms with Gasteiger partial charge in [-0.2, -0.15) is 4.31 Å². The lowest BCUT2D eigenvalue weighted by molar-refractivity contribution is 0.414. The number of nitrogens with one attached hydrogen (secondary N) is 1. The van der Waals surface area contributed by atoms with E-state index in [4.69, 9.17) is 16.3 Å². The number of hydrogen-bond acceptors (Lipinski definition) is 5. The smallest absolute Gasteiger partial charge is 0.280 e. The molecule has 0 aliphatic heterocycles. The minimum Gasteiger partial charge on any atom is -0.495 e. The lowest BCUT2D eigenvalue weighted by atomic mass is 10.2. The quantitative estimate of drug-likeness (QED) is 0.478. The number of hydrogen-bond donors (Lipinski definition) is 1. The van der Waals surface area contributed by atoms with E-state index in [0.717, 1.165) is 0 Å². The zero-order valence-electron chi connectivity index (χ0n) is 19.2. The second-order valence-corrected chi connectivity index (χ2v) is 9.75. The van der Waals surface area contributed by atoms with Crippen molar-refractivity contribution in [1.82, 2.24) is 14.1 Å². The highest BCUT2D eigenvalue weighted by molar-refractivity contribution is 7.89. The van der Waals surface area contributed by atoms with Crippen LogP contribution in [0.1, 0.15) is 30.7 Å². The van der Waals surface area contributed by atoms with E-state index < -0.39 is 10.0 Å². The minimum absolute atomic E-state index is 0.222. The lowest BCUT2D eigenvalue weighted by Gasteiger charge is -2.18. The molecule has 3 aromatic rings. The third-order valence-electron chi connectivity index (χ3n) is 5.35. The minimum atomic E-state index is -3.55. The fraction of sp³-hybridized carbons (Fsp3) is 0.304. The average Bonchev–Trinajstić information content (AvgIpc) is 3.07. The summed E-state index contributed by atoms with van der Waals surface area (Å²) in [7, 11) is -2.05. The Bertz CT molecular complexity index is 1360. The Morgan fingerprint density at radius 3 is 2.45 bits per heavy atom. The van der Waals surface area contributed by atoms with E-state index in [1.54, 1.807) is 58.0 Å². The Kier molecular flexibility index (Phi) is 7.46. The fourth-order valence-corrected chi connectivity index (χ4v) is 5.20. The highest BCUT2D eigenvalue weighted by atomic mass is 35.5. The second-order valence-electron chi connectivity index (χ2n) is 7.41. The van der Waals surface area contributed by atoms with Gasteiger partial charge in [0.2, 0.25) is 10.0 Å². The van der Waals surface area contributed by atoms with Crippen LogP contribution in [0.2, 0.25) is 5.02 Å². The maximum atomic E-state index is 13.0. The first-order valence-corrected chi connectivity index (χ1v) is 12.3. The summed E-state index contributed by atoms with van der Waals surface area (Å²) >= 11 is 6.08. The topological polar surface area (TPSA) is 96.8 Å². The van der Waals surface area contributed by atoms with Crippen LogP contribution < -0.4 is 10.3 Å². The molecule has 1 heterocycles. The van der Waals surface area contributed by atoms with Gasteiger partial charge in [0.15, 0.2) is 0 Å². The summed E-state index contributed by atoms with van der Waals surface area (Å²) in [5, 5.41) is 3.48. The van der Waals surface area contributed by atoms with Gasteiger partial charge in [0, 0.05) is 31.1 Å². The molecule has 0 radical (unpaired) electrons. The fourth-order valence-electron chi connectivity index (χ4n) is 3.46. The van der Waals surface area contributed by atoms with Gasteiger partial charge < -0.3 is 4.74 Å². The number of aliphatic imine (C=N–C) groups is 1. The van der Waals surface area contributed by atoms with Gasteiger partial charge in [0.1, 0.15) is 5.75 Å². The molecule has 0 fully saturated rings. The first-order chi connectivity index (χ1) is 15.6. The van der Waals surface area contributed by atoms with Crippen molar-refractivity contribution in [2.75, 3.05) is 20.2 Å². The number of nitrogens with zero attached hydrogens (tertiary/aromatic N) is 3. The van der Waals surface area contributed by atoms with Gasteiger partial charge in [-0.25, -0.2) is 13.1 Å². The van der Waals surface area contributed by atoms with Crippen LogP contribution in [0.15, 0.2) is 51.1 Å². The molecule has 0 atom stereocenters. The number of sulfonamides is 1. The molecule has 0 aliphatic rings. The average molecular weight is 491 g/mol. The standard InChI is InChI=1S/C23H27ClN4O4S/c1-6-27(7-2)33(30,31)18-9-11-21(15(3)12-18)25-14-19-16(4)26-28(23(19)29)17-8-10-20(24)22(13-17)32-5/h8-14,26H,6-7H2,1-5H3. The molecule has 3 rings (SSSR count). The molecule has 0 amide bonds. The molecule has 2 aromatic carbocycles. The van der Waals surface area contributed by atoms with Gasteiger partial charge in [-0.15, -0.1) is 0 Å². The Morgan fingerprint density at radius 2 is 1.85 bits per heavy atom. The predicted octanol–water partition coefficient (Wildman–Crippen LogP) is 4.23. The van der Waals surface area contributed by atoms with Crippen LogP contribution in [-0.4, -0.2) is 48.9 Å². The number of H-pyrrole nitrogens is 1. The van der Waals surface area contributed by atoms with Crippen molar-refractivity contribution < 1.29 is 13.2 Å². The predicted molar refractivity (Wildman–Crippen MR) is 131 cm³/mol. The zero-order valence-corrected chi connectivity index (χ0v) is 20.8. The number of aromatic amines is 1. The highest BCUT2D eigenvalue weighted by Crippen LogP contribution is 2.27. The zero-order chi connectivity index (χ0) is 24.3. The second kappa shape index (κ2) is 9.94. The van der Waals surface area contributed by atoms with Gasteiger partial charge in [-0.3, -0.25) is 14.9 Å². The van der Waals surface area contributed by atoms with Crippen LogP contribution in [0.4, 0.5) is 5.69 Å². The third-order valence-corrected chi connectivity index (χ3v) is 7.71. The van der Waals surface area contributed by atoms with Gasteiger partial charge in [0.05, 0.1) is 34.0 Å². The molecule has 1 aromatic heterocycles. The van der Waals surface area contributed by atoms with Crippen LogP contribution in [0.25, 0.3) is 5.69 Å². The van der Waals surface area contributed by atoms with Crippen molar-refractivity contribution in [2.45, 2.75) is 32.6 Å². The Balaban J connectivity index is 1.94. The Labute approximate surface area is 198 Å². The number of methoxy groups -OCH3 is 1. The molecular weight excluding hydrogens is 464 g/mol. The molecular formula is C23H27ClN4O4S. The van der Waals surface area contributed by atoms with Crippen LogP contribution in [0.3, 0.4) is 0 Å². The van der Waals surface area contributed by atoms with Crippen molar-refractivity contribution in [1.29, 1.82) is 0 Å². The summed E-state index contributed by atoms with van der Waals surface area (Å²) in [6.07, 6.45) is 1.48. The molecule has 0 unspecified atom stereocenters. The lowest BCUT2D eigenvalue weighted by Crippen LogP contribution is -2.30. The van der Waals surface area contributed by atoms with Crippen molar-refractivity contribution in [3.63, 3.8) is 0 Å². The summed E-state index contributed by atoms with van der Waals surface area (Å²) in [6, 6.07) is 9.82. The summed E-state index contributed by atoms with van der Waals surface area (Å²) in [4.78, 5) is 17.7. The van der Waals surface area contributed by atoms with Gasteiger partial charge >= 0.3 is 0 Å². The van der Waals surface area contributed by atoms with Crippen LogP contribution in [0.5, 0.6) is 5.75 Å². The number of aromatic nitrogens is 2.